The number of aromatic nitrogens is 3. The van der Waals surface area contributed by atoms with E-state index >= 15 is 0 Å². The van der Waals surface area contributed by atoms with Crippen molar-refractivity contribution in [1.82, 2.24) is 30.5 Å². The van der Waals surface area contributed by atoms with Gasteiger partial charge in [0.2, 0.25) is 5.91 Å². The smallest absolute Gasteiger partial charge is 0.315 e. The number of amides is 3. The molecule has 4 N–H and O–H groups in total. The number of urea groups is 1. The molecule has 0 aliphatic carbocycles. The van der Waals surface area contributed by atoms with Gasteiger partial charge in [-0.1, -0.05) is 47.7 Å². The topological polar surface area (TPSA) is 118 Å². The van der Waals surface area contributed by atoms with Crippen LogP contribution in [-0.4, -0.2) is 51.0 Å². The van der Waals surface area contributed by atoms with Gasteiger partial charge in [0, 0.05) is 31.4 Å². The van der Waals surface area contributed by atoms with Crippen molar-refractivity contribution in [3.05, 3.63) is 77.6 Å². The molecule has 2 heterocycles. The van der Waals surface area contributed by atoms with Crippen LogP contribution in [0.15, 0.2) is 60.8 Å². The molecular formula is C24H29N7O2. The summed E-state index contributed by atoms with van der Waals surface area (Å²) in [6.07, 6.45) is 4.51. The molecule has 0 bridgehead atoms. The van der Waals surface area contributed by atoms with Gasteiger partial charge in [-0.2, -0.15) is 0 Å². The summed E-state index contributed by atoms with van der Waals surface area (Å²) in [5, 5.41) is 13.9. The molecule has 0 saturated carbocycles. The third-order valence-electron chi connectivity index (χ3n) is 5.74. The Balaban J connectivity index is 1.23. The summed E-state index contributed by atoms with van der Waals surface area (Å²) in [7, 11) is 0. The molecule has 1 atom stereocenters. The molecule has 2 aromatic carbocycles. The maximum atomic E-state index is 12.7. The van der Waals surface area contributed by atoms with Crippen molar-refractivity contribution in [1.29, 1.82) is 0 Å². The van der Waals surface area contributed by atoms with Gasteiger partial charge in [0.25, 0.3) is 0 Å². The van der Waals surface area contributed by atoms with Crippen molar-refractivity contribution in [2.24, 2.45) is 0 Å². The van der Waals surface area contributed by atoms with Crippen LogP contribution >= 0.6 is 0 Å². The molecule has 33 heavy (non-hydrogen) atoms. The van der Waals surface area contributed by atoms with E-state index in [9.17, 15) is 9.59 Å². The quantitative estimate of drug-likeness (QED) is 0.456. The number of carbonyl (C=O) groups excluding carboxylic acids is 2. The minimum Gasteiger partial charge on any atom is -0.399 e. The fourth-order valence-electron chi connectivity index (χ4n) is 4.02. The highest BCUT2D eigenvalue weighted by Gasteiger charge is 2.29. The Labute approximate surface area is 193 Å². The number of nitrogen functional groups attached to an aromatic ring is 1. The van der Waals surface area contributed by atoms with Crippen LogP contribution in [0.3, 0.4) is 0 Å². The number of carbonyl (C=O) groups is 2. The average Bonchev–Trinajstić information content (AvgIpc) is 3.47. The second kappa shape index (κ2) is 10.6. The van der Waals surface area contributed by atoms with E-state index in [1.807, 2.05) is 41.4 Å². The number of hydrogen-bond acceptors (Lipinski definition) is 5. The molecule has 1 aliphatic heterocycles. The molecule has 9 nitrogen and oxygen atoms in total. The van der Waals surface area contributed by atoms with Gasteiger partial charge in [0.15, 0.2) is 0 Å². The van der Waals surface area contributed by atoms with Crippen LogP contribution in [0.2, 0.25) is 0 Å². The van der Waals surface area contributed by atoms with E-state index < -0.39 is 0 Å². The first-order chi connectivity index (χ1) is 16.1. The molecule has 3 aromatic rings. The Morgan fingerprint density at radius 1 is 1.03 bits per heavy atom. The predicted octanol–water partition coefficient (Wildman–Crippen LogP) is 1.94. The summed E-state index contributed by atoms with van der Waals surface area (Å²) in [5.41, 5.74) is 9.36. The van der Waals surface area contributed by atoms with Crippen molar-refractivity contribution in [3.8, 4) is 0 Å². The fraction of sp³-hybridized carbons (Fsp3) is 0.333. The Bertz CT molecular complexity index is 1070. The van der Waals surface area contributed by atoms with E-state index in [-0.39, 0.29) is 24.5 Å². The zero-order chi connectivity index (χ0) is 23.0. The van der Waals surface area contributed by atoms with Crippen molar-refractivity contribution < 1.29 is 9.59 Å². The Morgan fingerprint density at radius 3 is 2.61 bits per heavy atom. The van der Waals surface area contributed by atoms with Gasteiger partial charge in [-0.25, -0.2) is 4.79 Å². The molecule has 1 aliphatic rings. The van der Waals surface area contributed by atoms with Crippen LogP contribution in [0.25, 0.3) is 0 Å². The summed E-state index contributed by atoms with van der Waals surface area (Å²) < 4.78 is 1.81. The zero-order valence-corrected chi connectivity index (χ0v) is 18.5. The van der Waals surface area contributed by atoms with Gasteiger partial charge in [0.05, 0.1) is 24.8 Å². The lowest BCUT2D eigenvalue weighted by Gasteiger charge is -2.24. The van der Waals surface area contributed by atoms with Gasteiger partial charge in [-0.15, -0.1) is 5.10 Å². The summed E-state index contributed by atoms with van der Waals surface area (Å²) in [4.78, 5) is 26.7. The lowest BCUT2D eigenvalue weighted by molar-refractivity contribution is -0.131. The Kier molecular flexibility index (Phi) is 7.19. The van der Waals surface area contributed by atoms with E-state index in [4.69, 9.17) is 5.73 Å². The second-order valence-corrected chi connectivity index (χ2v) is 8.26. The highest BCUT2D eigenvalue weighted by atomic mass is 16.2. The monoisotopic (exact) mass is 447 g/mol. The molecule has 1 fully saturated rings. The first-order valence-corrected chi connectivity index (χ1v) is 11.2. The van der Waals surface area contributed by atoms with Crippen LogP contribution in [0.4, 0.5) is 10.5 Å². The van der Waals surface area contributed by atoms with Crippen molar-refractivity contribution in [2.45, 2.75) is 38.4 Å². The molecule has 9 heteroatoms. The first-order valence-electron chi connectivity index (χ1n) is 11.2. The number of likely N-dealkylation sites (tertiary alicyclic amines) is 1. The highest BCUT2D eigenvalue weighted by Crippen LogP contribution is 2.19. The minimum absolute atomic E-state index is 0.0410. The van der Waals surface area contributed by atoms with Gasteiger partial charge in [-0.05, 0) is 36.1 Å². The standard InChI is InChI=1S/C24H29N7O2/c25-20-10-8-19(9-11-20)14-26-24(33)27-15-23(32)31-12-4-7-22(31)17-30-16-21(28-29-30)13-18-5-2-1-3-6-18/h1-3,5-6,8-11,16,22H,4,7,12-15,17,25H2,(H2,26,27,33). The van der Waals surface area contributed by atoms with Crippen LogP contribution in [-0.2, 0) is 24.3 Å². The van der Waals surface area contributed by atoms with Gasteiger partial charge in [-0.3, -0.25) is 9.48 Å². The average molecular weight is 448 g/mol. The Morgan fingerprint density at radius 2 is 1.82 bits per heavy atom. The molecule has 0 radical (unpaired) electrons. The first kappa shape index (κ1) is 22.3. The molecule has 1 unspecified atom stereocenters. The minimum atomic E-state index is -0.377. The van der Waals surface area contributed by atoms with Crippen molar-refractivity contribution in [3.63, 3.8) is 0 Å². The highest BCUT2D eigenvalue weighted by molar-refractivity contribution is 5.84. The molecule has 3 amide bonds. The normalized spacial score (nSPS) is 15.4. The number of anilines is 1. The van der Waals surface area contributed by atoms with Crippen LogP contribution in [0.1, 0.15) is 29.7 Å². The largest absolute Gasteiger partial charge is 0.399 e. The molecular weight excluding hydrogens is 418 g/mol. The SMILES string of the molecule is Nc1ccc(CNC(=O)NCC(=O)N2CCCC2Cn2cc(Cc3ccccc3)nn2)cc1. The van der Waals surface area contributed by atoms with Gasteiger partial charge in [0.1, 0.15) is 0 Å². The van der Waals surface area contributed by atoms with Gasteiger partial charge >= 0.3 is 6.03 Å². The zero-order valence-electron chi connectivity index (χ0n) is 18.5. The maximum Gasteiger partial charge on any atom is 0.315 e. The summed E-state index contributed by atoms with van der Waals surface area (Å²) in [6, 6.07) is 17.1. The molecule has 172 valence electrons. The second-order valence-electron chi connectivity index (χ2n) is 8.26. The van der Waals surface area contributed by atoms with Crippen molar-refractivity contribution >= 4 is 17.6 Å². The maximum absolute atomic E-state index is 12.7. The fourth-order valence-corrected chi connectivity index (χ4v) is 4.02. The number of nitrogens with two attached hydrogens (primary N) is 1. The molecule has 1 aromatic heterocycles. The van der Waals surface area contributed by atoms with E-state index in [1.54, 1.807) is 16.8 Å². The third kappa shape index (κ3) is 6.31. The Hall–Kier alpha value is -3.88. The third-order valence-corrected chi connectivity index (χ3v) is 5.74. The van der Waals surface area contributed by atoms with Crippen LogP contribution in [0.5, 0.6) is 0 Å². The number of nitrogens with zero attached hydrogens (tertiary/aromatic N) is 4. The predicted molar refractivity (Wildman–Crippen MR) is 125 cm³/mol. The van der Waals surface area contributed by atoms with E-state index in [2.05, 4.69) is 33.1 Å². The van der Waals surface area contributed by atoms with Crippen LogP contribution in [0, 0.1) is 0 Å². The summed E-state index contributed by atoms with van der Waals surface area (Å²) in [5.74, 6) is -0.0928. The van der Waals surface area contributed by atoms with Gasteiger partial charge < -0.3 is 21.3 Å². The molecule has 4 rings (SSSR count). The number of nitrogens with one attached hydrogen (secondary N) is 2. The molecule has 1 saturated heterocycles. The number of rotatable bonds is 8. The molecule has 0 spiro atoms. The number of benzene rings is 2. The van der Waals surface area contributed by atoms with Crippen molar-refractivity contribution in [2.75, 3.05) is 18.8 Å². The van der Waals surface area contributed by atoms with E-state index in [1.165, 1.54) is 5.56 Å². The lowest BCUT2D eigenvalue weighted by Crippen LogP contribution is -2.46. The summed E-state index contributed by atoms with van der Waals surface area (Å²) >= 11 is 0. The van der Waals surface area contributed by atoms with Crippen LogP contribution < -0.4 is 16.4 Å². The summed E-state index contributed by atoms with van der Waals surface area (Å²) in [6.45, 7) is 1.60. The number of hydrogen-bond donors (Lipinski definition) is 3. The lowest BCUT2D eigenvalue weighted by atomic mass is 10.1. The van der Waals surface area contributed by atoms with E-state index in [0.29, 0.717) is 25.3 Å². The van der Waals surface area contributed by atoms with E-state index in [0.717, 1.165) is 30.5 Å².